The van der Waals surface area contributed by atoms with Crippen molar-refractivity contribution in [1.82, 2.24) is 25.5 Å². The van der Waals surface area contributed by atoms with E-state index in [1.165, 1.54) is 6.20 Å². The number of hydrogen-bond acceptors (Lipinski definition) is 10. The van der Waals surface area contributed by atoms with E-state index in [0.717, 1.165) is 5.57 Å². The maximum Gasteiger partial charge on any atom is 0.270 e. The van der Waals surface area contributed by atoms with Gasteiger partial charge in [0.2, 0.25) is 5.89 Å². The minimum absolute atomic E-state index is 0.0896. The zero-order valence-corrected chi connectivity index (χ0v) is 22.5. The second-order valence-electron chi connectivity index (χ2n) is 8.88. The van der Waals surface area contributed by atoms with Crippen LogP contribution in [0.5, 0.6) is 0 Å². The van der Waals surface area contributed by atoms with E-state index < -0.39 is 21.8 Å². The van der Waals surface area contributed by atoms with Crippen molar-refractivity contribution in [3.05, 3.63) is 66.7 Å². The van der Waals surface area contributed by atoms with Crippen LogP contribution < -0.4 is 11.1 Å². The number of aromatic nitrogens is 4. The Kier molecular flexibility index (Phi) is 9.33. The first-order valence-corrected chi connectivity index (χ1v) is 14.1. The minimum Gasteiger partial charge on any atom is -0.414 e. The van der Waals surface area contributed by atoms with E-state index in [0.29, 0.717) is 49.4 Å². The molecule has 0 spiro atoms. The Balaban J connectivity index is 1.53. The molecule has 1 aromatic carbocycles. The van der Waals surface area contributed by atoms with Crippen molar-refractivity contribution >= 4 is 21.2 Å². The van der Waals surface area contributed by atoms with Crippen LogP contribution in [0.25, 0.3) is 28.4 Å². The molecule has 4 rings (SSSR count). The molecule has 2 aromatic heterocycles. The van der Waals surface area contributed by atoms with Gasteiger partial charge in [-0.2, -0.15) is 0 Å². The highest BCUT2D eigenvalue weighted by molar-refractivity contribution is 7.92. The number of nitrogen functional groups attached to an aromatic ring is 1. The molecule has 10 nitrogen and oxygen atoms in total. The van der Waals surface area contributed by atoms with Gasteiger partial charge in [-0.25, -0.2) is 22.8 Å². The second kappa shape index (κ2) is 12.9. The van der Waals surface area contributed by atoms with E-state index in [9.17, 15) is 12.8 Å². The molecule has 3 aromatic rings. The molecule has 1 aliphatic heterocycles. The molecule has 0 radical (unpaired) electrons. The number of nitrogens with two attached hydrogens (primary N) is 1. The monoisotopic (exact) mass is 554 g/mol. The van der Waals surface area contributed by atoms with Crippen LogP contribution in [0, 0.1) is 0 Å². The van der Waals surface area contributed by atoms with Crippen molar-refractivity contribution in [2.24, 2.45) is 0 Å². The average Bonchev–Trinajstić information content (AvgIpc) is 3.44. The lowest BCUT2D eigenvalue weighted by molar-refractivity contribution is 0.0983. The molecule has 3 N–H and O–H groups in total. The van der Waals surface area contributed by atoms with Gasteiger partial charge >= 0.3 is 0 Å². The molecule has 1 fully saturated rings. The van der Waals surface area contributed by atoms with E-state index in [2.05, 4.69) is 32.1 Å². The lowest BCUT2D eigenvalue weighted by Gasteiger charge is -2.22. The van der Waals surface area contributed by atoms with Crippen molar-refractivity contribution in [2.45, 2.75) is 29.9 Å². The normalized spacial score (nSPS) is 15.2. The first kappa shape index (κ1) is 28.3. The van der Waals surface area contributed by atoms with Crippen molar-refractivity contribution in [1.29, 1.82) is 0 Å². The van der Waals surface area contributed by atoms with E-state index in [-0.39, 0.29) is 34.7 Å². The fraction of sp³-hybridized carbons (Fsp3) is 0.333. The molecule has 0 atom stereocenters. The molecular formula is C27H31FN6O4S. The summed E-state index contributed by atoms with van der Waals surface area (Å²) in [7, 11) is -3.45. The Morgan fingerprint density at radius 2 is 1.95 bits per heavy atom. The SMILES string of the molecule is C=C(/C=C\C(=C/C)c1nnc(-c2nc(-c3ccc(S(=O)(=O)C4CCOCC4)cc3)cnc2N)o1)CNCCF. The highest BCUT2D eigenvalue weighted by atomic mass is 32.2. The molecule has 0 saturated carbocycles. The summed E-state index contributed by atoms with van der Waals surface area (Å²) in [6.07, 6.45) is 7.84. The third kappa shape index (κ3) is 6.83. The summed E-state index contributed by atoms with van der Waals surface area (Å²) >= 11 is 0. The van der Waals surface area contributed by atoms with Crippen molar-refractivity contribution in [2.75, 3.05) is 38.7 Å². The summed E-state index contributed by atoms with van der Waals surface area (Å²) in [5, 5.41) is 10.7. The van der Waals surface area contributed by atoms with E-state index in [1.54, 1.807) is 42.5 Å². The Labute approximate surface area is 226 Å². The summed E-state index contributed by atoms with van der Waals surface area (Å²) in [6, 6.07) is 6.53. The molecule has 0 aliphatic carbocycles. The number of anilines is 1. The summed E-state index contributed by atoms with van der Waals surface area (Å²) in [5.41, 5.74) is 8.83. The summed E-state index contributed by atoms with van der Waals surface area (Å²) < 4.78 is 49.4. The smallest absolute Gasteiger partial charge is 0.270 e. The van der Waals surface area contributed by atoms with Gasteiger partial charge in [0, 0.05) is 37.4 Å². The van der Waals surface area contributed by atoms with Gasteiger partial charge in [0.05, 0.1) is 22.0 Å². The highest BCUT2D eigenvalue weighted by Crippen LogP contribution is 2.29. The number of sulfone groups is 1. The van der Waals surface area contributed by atoms with Gasteiger partial charge in [-0.3, -0.25) is 0 Å². The molecule has 1 saturated heterocycles. The first-order chi connectivity index (χ1) is 18.8. The summed E-state index contributed by atoms with van der Waals surface area (Å²) in [6.45, 7) is 6.92. The van der Waals surface area contributed by atoms with Gasteiger partial charge in [-0.15, -0.1) is 10.2 Å². The third-order valence-electron chi connectivity index (χ3n) is 6.19. The maximum absolute atomic E-state index is 13.0. The lowest BCUT2D eigenvalue weighted by atomic mass is 10.1. The van der Waals surface area contributed by atoms with Crippen LogP contribution in [-0.4, -0.2) is 66.8 Å². The Hall–Kier alpha value is -3.74. The van der Waals surface area contributed by atoms with Gasteiger partial charge in [-0.1, -0.05) is 30.9 Å². The van der Waals surface area contributed by atoms with Crippen molar-refractivity contribution in [3.8, 4) is 22.8 Å². The highest BCUT2D eigenvalue weighted by Gasteiger charge is 2.29. The number of alkyl halides is 1. The number of nitrogens with zero attached hydrogens (tertiary/aromatic N) is 4. The fourth-order valence-corrected chi connectivity index (χ4v) is 5.71. The van der Waals surface area contributed by atoms with Crippen LogP contribution in [-0.2, 0) is 14.6 Å². The zero-order chi connectivity index (χ0) is 27.8. The Morgan fingerprint density at radius 1 is 1.21 bits per heavy atom. The Morgan fingerprint density at radius 3 is 2.64 bits per heavy atom. The number of benzene rings is 1. The van der Waals surface area contributed by atoms with Crippen LogP contribution in [0.4, 0.5) is 10.2 Å². The van der Waals surface area contributed by atoms with Crippen LogP contribution in [0.1, 0.15) is 25.7 Å². The number of ether oxygens (including phenoxy) is 1. The molecule has 3 heterocycles. The number of nitrogens with one attached hydrogen (secondary N) is 1. The molecular weight excluding hydrogens is 523 g/mol. The zero-order valence-electron chi connectivity index (χ0n) is 21.6. The maximum atomic E-state index is 13.0. The number of halogens is 1. The number of hydrogen-bond donors (Lipinski definition) is 2. The van der Waals surface area contributed by atoms with E-state index in [4.69, 9.17) is 14.9 Å². The quantitative estimate of drug-likeness (QED) is 0.265. The van der Waals surface area contributed by atoms with Gasteiger partial charge < -0.3 is 20.2 Å². The molecule has 39 heavy (non-hydrogen) atoms. The molecule has 0 bridgehead atoms. The van der Waals surface area contributed by atoms with Gasteiger partial charge in [-0.05, 0) is 43.5 Å². The summed E-state index contributed by atoms with van der Waals surface area (Å²) in [4.78, 5) is 9.06. The third-order valence-corrected chi connectivity index (χ3v) is 8.47. The van der Waals surface area contributed by atoms with Crippen LogP contribution >= 0.6 is 0 Å². The predicted molar refractivity (Wildman–Crippen MR) is 147 cm³/mol. The average molecular weight is 555 g/mol. The summed E-state index contributed by atoms with van der Waals surface area (Å²) in [5.74, 6) is 0.451. The molecule has 12 heteroatoms. The molecule has 0 amide bonds. The second-order valence-corrected chi connectivity index (χ2v) is 11.1. The van der Waals surface area contributed by atoms with Crippen LogP contribution in [0.2, 0.25) is 0 Å². The fourth-order valence-electron chi connectivity index (χ4n) is 4.00. The van der Waals surface area contributed by atoms with Crippen LogP contribution in [0.3, 0.4) is 0 Å². The topological polar surface area (TPSA) is 146 Å². The van der Waals surface area contributed by atoms with Crippen molar-refractivity contribution < 1.29 is 22.0 Å². The predicted octanol–water partition coefficient (Wildman–Crippen LogP) is 3.80. The van der Waals surface area contributed by atoms with E-state index in [1.807, 2.05) is 6.92 Å². The Bertz CT molecular complexity index is 1460. The standard InChI is InChI=1S/C27H31FN6O4S/c1-3-19(5-4-18(2)16-30-13-12-28)26-33-34-27(38-26)24-25(29)31-17-23(32-24)20-6-8-21(9-7-20)39(35,36)22-10-14-37-15-11-22/h3-9,17,22,30H,2,10-16H2,1H3,(H2,29,31)/b5-4-,19-3+. The number of allylic oxidation sites excluding steroid dienone is 3. The van der Waals surface area contributed by atoms with Gasteiger partial charge in [0.25, 0.3) is 5.89 Å². The van der Waals surface area contributed by atoms with E-state index >= 15 is 0 Å². The van der Waals surface area contributed by atoms with Gasteiger partial charge in [0.15, 0.2) is 21.3 Å². The molecule has 206 valence electrons. The number of rotatable bonds is 11. The largest absolute Gasteiger partial charge is 0.414 e. The van der Waals surface area contributed by atoms with Gasteiger partial charge in [0.1, 0.15) is 6.67 Å². The van der Waals surface area contributed by atoms with Crippen molar-refractivity contribution in [3.63, 3.8) is 0 Å². The first-order valence-electron chi connectivity index (χ1n) is 12.5. The lowest BCUT2D eigenvalue weighted by Crippen LogP contribution is -2.28. The molecule has 1 aliphatic rings. The minimum atomic E-state index is -3.45. The molecule has 0 unspecified atom stereocenters. The van der Waals surface area contributed by atoms with Crippen LogP contribution in [0.15, 0.2) is 70.2 Å².